The minimum absolute atomic E-state index is 0. The largest absolute Gasteiger partial charge is 0.371 e. The summed E-state index contributed by atoms with van der Waals surface area (Å²) in [5, 5.41) is 0. The third-order valence-electron chi connectivity index (χ3n) is 4.29. The fourth-order valence-corrected chi connectivity index (χ4v) is 4.55. The molecule has 1 saturated heterocycles. The molecule has 121 valence electrons. The second-order valence-corrected chi connectivity index (χ2v) is 8.93. The summed E-state index contributed by atoms with van der Waals surface area (Å²) >= 11 is 0. The molecule has 0 bridgehead atoms. The van der Waals surface area contributed by atoms with Gasteiger partial charge in [0.05, 0.1) is 8.80 Å². The molecule has 3 heteroatoms. The van der Waals surface area contributed by atoms with E-state index in [-0.39, 0.29) is 30.5 Å². The van der Waals surface area contributed by atoms with Crippen molar-refractivity contribution in [1.82, 2.24) is 4.90 Å². The zero-order valence-corrected chi connectivity index (χ0v) is 17.2. The van der Waals surface area contributed by atoms with E-state index in [0.717, 1.165) is 0 Å². The number of benzene rings is 1. The fraction of sp³-hybridized carbons (Fsp3) is 0.400. The molecule has 23 heavy (non-hydrogen) atoms. The molecule has 1 heterocycles. The van der Waals surface area contributed by atoms with Crippen LogP contribution in [0.5, 0.6) is 0 Å². The maximum atomic E-state index is 3.46. The number of hydrogen-bond donors (Lipinski definition) is 0. The first kappa shape index (κ1) is 20.2. The zero-order valence-electron chi connectivity index (χ0n) is 14.7. The van der Waals surface area contributed by atoms with Crippen molar-refractivity contribution in [2.75, 3.05) is 13.1 Å². The van der Waals surface area contributed by atoms with Crippen LogP contribution in [0.1, 0.15) is 36.4 Å². The molecule has 1 nitrogen and oxygen atoms in total. The van der Waals surface area contributed by atoms with Crippen molar-refractivity contribution in [3.63, 3.8) is 0 Å². The van der Waals surface area contributed by atoms with Gasteiger partial charge >= 0.3 is 0 Å². The van der Waals surface area contributed by atoms with E-state index in [1.165, 1.54) is 37.2 Å². The number of allylic oxidation sites excluding steroid dienone is 4. The Morgan fingerprint density at radius 1 is 1.17 bits per heavy atom. The average molecular weight is 358 g/mol. The van der Waals surface area contributed by atoms with E-state index < -0.39 is 0 Å². The Kier molecular flexibility index (Phi) is 8.90. The molecule has 0 saturated carbocycles. The monoisotopic (exact) mass is 358 g/mol. The first-order chi connectivity index (χ1) is 10.7. The van der Waals surface area contributed by atoms with Gasteiger partial charge in [-0.05, 0) is 30.9 Å². The Labute approximate surface area is 158 Å². The molecule has 0 amide bonds. The third kappa shape index (κ3) is 5.07. The van der Waals surface area contributed by atoms with Crippen molar-refractivity contribution in [1.29, 1.82) is 0 Å². The fourth-order valence-electron chi connectivity index (χ4n) is 3.19. The second kappa shape index (κ2) is 10.1. The quantitative estimate of drug-likeness (QED) is 0.526. The van der Waals surface area contributed by atoms with Gasteiger partial charge in [-0.15, -0.1) is 0 Å². The molecule has 1 unspecified atom stereocenters. The normalized spacial score (nSPS) is 19.0. The van der Waals surface area contributed by atoms with Crippen molar-refractivity contribution in [2.45, 2.75) is 38.4 Å². The van der Waals surface area contributed by atoms with Crippen LogP contribution < -0.4 is 0 Å². The minimum atomic E-state index is -0.288. The van der Waals surface area contributed by atoms with Crippen LogP contribution in [0.15, 0.2) is 55.1 Å². The first-order valence-corrected chi connectivity index (χ1v) is 10.9. The van der Waals surface area contributed by atoms with Gasteiger partial charge in [-0.3, -0.25) is 0 Å². The van der Waals surface area contributed by atoms with Gasteiger partial charge in [-0.2, -0.15) is 0 Å². The summed E-state index contributed by atoms with van der Waals surface area (Å²) in [6.45, 7) is 12.8. The molecule has 2 aliphatic rings. The van der Waals surface area contributed by atoms with Crippen LogP contribution in [0.25, 0.3) is 5.70 Å². The van der Waals surface area contributed by atoms with Gasteiger partial charge in [0.15, 0.2) is 0 Å². The van der Waals surface area contributed by atoms with Crippen molar-refractivity contribution in [3.8, 4) is 0 Å². The molecule has 1 aliphatic heterocycles. The van der Waals surface area contributed by atoms with Crippen LogP contribution in [0.3, 0.4) is 0 Å². The van der Waals surface area contributed by atoms with Gasteiger partial charge in [0.25, 0.3) is 0 Å². The van der Waals surface area contributed by atoms with Gasteiger partial charge < -0.3 is 4.90 Å². The molecule has 1 aromatic rings. The Balaban J connectivity index is 0.000000390. The van der Waals surface area contributed by atoms with E-state index in [4.69, 9.17) is 0 Å². The molecular weight excluding hydrogens is 330 g/mol. The maximum absolute atomic E-state index is 3.46. The molecule has 0 aromatic heterocycles. The van der Waals surface area contributed by atoms with Crippen LogP contribution in [-0.4, -0.2) is 26.8 Å². The molecular formula is C20H28NSiTi. The number of hydrogen-bond acceptors (Lipinski definition) is 1. The van der Waals surface area contributed by atoms with Crippen LogP contribution in [-0.2, 0) is 21.7 Å². The van der Waals surface area contributed by atoms with E-state index >= 15 is 0 Å². The van der Waals surface area contributed by atoms with E-state index in [0.29, 0.717) is 5.54 Å². The van der Waals surface area contributed by atoms with E-state index in [1.807, 2.05) is 19.1 Å². The Morgan fingerprint density at radius 2 is 1.83 bits per heavy atom. The van der Waals surface area contributed by atoms with E-state index in [9.17, 15) is 0 Å². The summed E-state index contributed by atoms with van der Waals surface area (Å²) in [5.41, 5.74) is 5.32. The SMILES string of the molecule is C=CC=CC.C[Si](C)C1C=C(N2CCCC2)c2ccccc21.[Ti]. The third-order valence-corrected chi connectivity index (χ3v) is 6.02. The topological polar surface area (TPSA) is 3.24 Å². The molecule has 1 aliphatic carbocycles. The van der Waals surface area contributed by atoms with Gasteiger partial charge in [0.2, 0.25) is 0 Å². The zero-order chi connectivity index (χ0) is 15.9. The molecule has 3 rings (SSSR count). The predicted octanol–water partition coefficient (Wildman–Crippen LogP) is 5.26. The summed E-state index contributed by atoms with van der Waals surface area (Å²) in [7, 11) is -0.288. The number of likely N-dealkylation sites (tertiary alicyclic amines) is 1. The van der Waals surface area contributed by atoms with Gasteiger partial charge in [-0.1, -0.05) is 68.2 Å². The average Bonchev–Trinajstić information content (AvgIpc) is 3.16. The van der Waals surface area contributed by atoms with Gasteiger partial charge in [0, 0.05) is 46.1 Å². The molecule has 0 N–H and O–H groups in total. The smallest absolute Gasteiger partial charge is 0.0549 e. The van der Waals surface area contributed by atoms with Crippen LogP contribution in [0.2, 0.25) is 13.1 Å². The van der Waals surface area contributed by atoms with Crippen molar-refractivity contribution in [2.24, 2.45) is 0 Å². The van der Waals surface area contributed by atoms with Crippen molar-refractivity contribution < 1.29 is 21.7 Å². The van der Waals surface area contributed by atoms with E-state index in [1.54, 1.807) is 11.6 Å². The molecule has 1 atom stereocenters. The number of nitrogens with zero attached hydrogens (tertiary/aromatic N) is 1. The number of rotatable bonds is 3. The van der Waals surface area contributed by atoms with Crippen LogP contribution >= 0.6 is 0 Å². The van der Waals surface area contributed by atoms with Gasteiger partial charge in [0.1, 0.15) is 0 Å². The maximum Gasteiger partial charge on any atom is 0.0549 e. The summed E-state index contributed by atoms with van der Waals surface area (Å²) in [6, 6.07) is 9.02. The Morgan fingerprint density at radius 3 is 2.35 bits per heavy atom. The summed E-state index contributed by atoms with van der Waals surface area (Å²) < 4.78 is 0. The Bertz CT molecular complexity index is 557. The summed E-state index contributed by atoms with van der Waals surface area (Å²) in [4.78, 5) is 2.59. The van der Waals surface area contributed by atoms with Crippen LogP contribution in [0.4, 0.5) is 0 Å². The second-order valence-electron chi connectivity index (χ2n) is 6.15. The van der Waals surface area contributed by atoms with E-state index in [2.05, 4.69) is 54.9 Å². The summed E-state index contributed by atoms with van der Waals surface area (Å²) in [5.74, 6) is 0. The molecule has 1 aromatic carbocycles. The minimum Gasteiger partial charge on any atom is -0.371 e. The molecule has 1 radical (unpaired) electrons. The first-order valence-electron chi connectivity index (χ1n) is 8.29. The van der Waals surface area contributed by atoms with Crippen LogP contribution in [0, 0.1) is 0 Å². The molecule has 1 fully saturated rings. The van der Waals surface area contributed by atoms with Gasteiger partial charge in [-0.25, -0.2) is 0 Å². The molecule has 0 spiro atoms. The number of fused-ring (bicyclic) bond motifs is 1. The standard InChI is InChI=1S/C15H20NSi.C5H8.Ti/c1-17(2)15-11-14(16-9-5-6-10-16)12-7-3-4-8-13(12)15;1-3-5-4-2;/h3-4,7-8,11,15H,5-6,9-10H2,1-2H3;3-5H,1H2,2H3;. The predicted molar refractivity (Wildman–Crippen MR) is 100 cm³/mol. The summed E-state index contributed by atoms with van der Waals surface area (Å²) in [6.07, 6.45) is 10.8. The van der Waals surface area contributed by atoms with Crippen molar-refractivity contribution >= 4 is 14.5 Å². The van der Waals surface area contributed by atoms with Crippen molar-refractivity contribution in [3.05, 3.63) is 66.3 Å². The Hall–Kier alpha value is -0.829.